The highest BCUT2D eigenvalue weighted by Gasteiger charge is 2.22. The number of amides is 2. The van der Waals surface area contributed by atoms with E-state index in [2.05, 4.69) is 27.3 Å². The number of carbonyl (C=O) groups excluding carboxylic acids is 2. The Morgan fingerprint density at radius 2 is 1.80 bits per heavy atom. The van der Waals surface area contributed by atoms with Crippen molar-refractivity contribution in [1.29, 1.82) is 0 Å². The minimum absolute atomic E-state index is 0.0283. The van der Waals surface area contributed by atoms with Gasteiger partial charge in [-0.15, -0.1) is 11.3 Å². The van der Waals surface area contributed by atoms with Crippen molar-refractivity contribution in [2.45, 2.75) is 13.8 Å². The lowest BCUT2D eigenvalue weighted by Crippen LogP contribution is -2.51. The van der Waals surface area contributed by atoms with Gasteiger partial charge in [0.25, 0.3) is 5.91 Å². The Bertz CT molecular complexity index is 752. The van der Waals surface area contributed by atoms with Crippen molar-refractivity contribution in [2.24, 2.45) is 0 Å². The van der Waals surface area contributed by atoms with Gasteiger partial charge < -0.3 is 15.1 Å². The predicted octanol–water partition coefficient (Wildman–Crippen LogP) is 1.84. The van der Waals surface area contributed by atoms with Gasteiger partial charge in [0.1, 0.15) is 4.88 Å². The molecule has 1 N–H and O–H groups in total. The summed E-state index contributed by atoms with van der Waals surface area (Å²) in [4.78, 5) is 33.4. The van der Waals surface area contributed by atoms with Gasteiger partial charge in [0.15, 0.2) is 0 Å². The van der Waals surface area contributed by atoms with Crippen molar-refractivity contribution < 1.29 is 9.59 Å². The number of thiazole rings is 1. The molecule has 7 heteroatoms. The van der Waals surface area contributed by atoms with Crippen LogP contribution in [0.4, 0.5) is 5.69 Å². The van der Waals surface area contributed by atoms with Crippen molar-refractivity contribution in [3.8, 4) is 0 Å². The first-order chi connectivity index (χ1) is 12.0. The third-order valence-corrected chi connectivity index (χ3v) is 5.34. The smallest absolute Gasteiger partial charge is 0.263 e. The summed E-state index contributed by atoms with van der Waals surface area (Å²) in [6, 6.07) is 10.2. The number of nitrogens with zero attached hydrogens (tertiary/aromatic N) is 3. The molecule has 132 valence electrons. The van der Waals surface area contributed by atoms with Gasteiger partial charge in [-0.3, -0.25) is 9.59 Å². The highest BCUT2D eigenvalue weighted by molar-refractivity contribution is 7.13. The molecule has 0 spiro atoms. The summed E-state index contributed by atoms with van der Waals surface area (Å²) in [5.74, 6) is -0.265. The monoisotopic (exact) mass is 358 g/mol. The van der Waals surface area contributed by atoms with E-state index >= 15 is 0 Å². The van der Waals surface area contributed by atoms with Crippen LogP contribution in [0.3, 0.4) is 0 Å². The molecule has 2 amide bonds. The second-order valence-corrected chi connectivity index (χ2v) is 7.24. The van der Waals surface area contributed by atoms with Crippen LogP contribution in [0.2, 0.25) is 0 Å². The maximum atomic E-state index is 12.3. The molecule has 1 fully saturated rings. The van der Waals surface area contributed by atoms with Crippen LogP contribution in [-0.4, -0.2) is 54.4 Å². The van der Waals surface area contributed by atoms with Gasteiger partial charge >= 0.3 is 0 Å². The van der Waals surface area contributed by atoms with E-state index < -0.39 is 0 Å². The lowest BCUT2D eigenvalue weighted by atomic mass is 10.2. The van der Waals surface area contributed by atoms with E-state index in [1.165, 1.54) is 17.0 Å². The Labute approximate surface area is 151 Å². The first-order valence-electron chi connectivity index (χ1n) is 8.34. The zero-order chi connectivity index (χ0) is 17.8. The normalized spacial score (nSPS) is 14.5. The third kappa shape index (κ3) is 4.17. The van der Waals surface area contributed by atoms with E-state index in [0.717, 1.165) is 18.1 Å². The number of benzene rings is 1. The zero-order valence-electron chi connectivity index (χ0n) is 14.5. The average molecular weight is 358 g/mol. The highest BCUT2D eigenvalue weighted by Crippen LogP contribution is 2.17. The molecule has 0 atom stereocenters. The minimum Gasteiger partial charge on any atom is -0.368 e. The molecular formula is C18H22N4O2S. The van der Waals surface area contributed by atoms with Gasteiger partial charge in [-0.05, 0) is 26.0 Å². The molecule has 0 saturated carbocycles. The van der Waals surface area contributed by atoms with E-state index in [-0.39, 0.29) is 18.4 Å². The number of piperazine rings is 1. The molecular weight excluding hydrogens is 336 g/mol. The standard InChI is InChI=1S/C18H22N4O2S/c1-13-17(25-14(2)20-13)18(24)19-12-16(23)22-10-8-21(9-11-22)15-6-4-3-5-7-15/h3-7H,8-12H2,1-2H3,(H,19,24). The molecule has 0 unspecified atom stereocenters. The predicted molar refractivity (Wildman–Crippen MR) is 99.2 cm³/mol. The van der Waals surface area contributed by atoms with Gasteiger partial charge in [0.05, 0.1) is 17.2 Å². The summed E-state index contributed by atoms with van der Waals surface area (Å²) in [5, 5.41) is 3.57. The van der Waals surface area contributed by atoms with Crippen LogP contribution >= 0.6 is 11.3 Å². The van der Waals surface area contributed by atoms with Crippen molar-refractivity contribution in [3.05, 3.63) is 45.9 Å². The van der Waals surface area contributed by atoms with Crippen molar-refractivity contribution in [3.63, 3.8) is 0 Å². The number of para-hydroxylation sites is 1. The van der Waals surface area contributed by atoms with Crippen LogP contribution in [0.15, 0.2) is 30.3 Å². The highest BCUT2D eigenvalue weighted by atomic mass is 32.1. The largest absolute Gasteiger partial charge is 0.368 e. The molecule has 3 rings (SSSR count). The Hall–Kier alpha value is -2.41. The van der Waals surface area contributed by atoms with Crippen LogP contribution in [0.25, 0.3) is 0 Å². The second kappa shape index (κ2) is 7.65. The quantitative estimate of drug-likeness (QED) is 0.906. The summed E-state index contributed by atoms with van der Waals surface area (Å²) in [7, 11) is 0. The van der Waals surface area contributed by atoms with Crippen LogP contribution in [0, 0.1) is 13.8 Å². The molecule has 0 bridgehead atoms. The fraction of sp³-hybridized carbons (Fsp3) is 0.389. The molecule has 1 saturated heterocycles. The average Bonchev–Trinajstić information content (AvgIpc) is 2.98. The summed E-state index contributed by atoms with van der Waals surface area (Å²) >= 11 is 1.35. The first kappa shape index (κ1) is 17.4. The number of hydrogen-bond donors (Lipinski definition) is 1. The van der Waals surface area contributed by atoms with E-state index in [1.54, 1.807) is 0 Å². The molecule has 1 aliphatic rings. The van der Waals surface area contributed by atoms with E-state index in [1.807, 2.05) is 36.9 Å². The molecule has 1 aromatic heterocycles. The van der Waals surface area contributed by atoms with E-state index in [9.17, 15) is 9.59 Å². The van der Waals surface area contributed by atoms with Crippen molar-refractivity contribution in [1.82, 2.24) is 15.2 Å². The second-order valence-electron chi connectivity index (χ2n) is 6.03. The summed E-state index contributed by atoms with van der Waals surface area (Å²) < 4.78 is 0. The molecule has 2 heterocycles. The molecule has 6 nitrogen and oxygen atoms in total. The summed E-state index contributed by atoms with van der Waals surface area (Å²) in [5.41, 5.74) is 1.89. The number of aromatic nitrogens is 1. The SMILES string of the molecule is Cc1nc(C)c(C(=O)NCC(=O)N2CCN(c3ccccc3)CC2)s1. The number of anilines is 1. The summed E-state index contributed by atoms with van der Waals surface area (Å²) in [6.07, 6.45) is 0. The zero-order valence-corrected chi connectivity index (χ0v) is 15.3. The third-order valence-electron chi connectivity index (χ3n) is 4.26. The molecule has 0 aliphatic carbocycles. The summed E-state index contributed by atoms with van der Waals surface area (Å²) in [6.45, 7) is 6.65. The molecule has 25 heavy (non-hydrogen) atoms. The number of rotatable bonds is 4. The van der Waals surface area contributed by atoms with Gasteiger partial charge in [-0.1, -0.05) is 18.2 Å². The molecule has 1 aromatic carbocycles. The Balaban J connectivity index is 1.48. The van der Waals surface area contributed by atoms with Crippen LogP contribution in [0.1, 0.15) is 20.4 Å². The van der Waals surface area contributed by atoms with Crippen LogP contribution in [-0.2, 0) is 4.79 Å². The minimum atomic E-state index is -0.223. The number of nitrogens with one attached hydrogen (secondary N) is 1. The van der Waals surface area contributed by atoms with Gasteiger partial charge in [-0.25, -0.2) is 4.98 Å². The molecule has 0 radical (unpaired) electrons. The van der Waals surface area contributed by atoms with Crippen LogP contribution in [0.5, 0.6) is 0 Å². The van der Waals surface area contributed by atoms with E-state index in [4.69, 9.17) is 0 Å². The van der Waals surface area contributed by atoms with Gasteiger partial charge in [0.2, 0.25) is 5.91 Å². The first-order valence-corrected chi connectivity index (χ1v) is 9.16. The Morgan fingerprint density at radius 1 is 1.12 bits per heavy atom. The molecule has 1 aliphatic heterocycles. The fourth-order valence-corrected chi connectivity index (χ4v) is 3.78. The van der Waals surface area contributed by atoms with E-state index in [0.29, 0.717) is 23.7 Å². The lowest BCUT2D eigenvalue weighted by molar-refractivity contribution is -0.130. The van der Waals surface area contributed by atoms with Gasteiger partial charge in [0, 0.05) is 31.9 Å². The van der Waals surface area contributed by atoms with Crippen molar-refractivity contribution >= 4 is 28.8 Å². The maximum Gasteiger partial charge on any atom is 0.263 e. The topological polar surface area (TPSA) is 65.5 Å². The lowest BCUT2D eigenvalue weighted by Gasteiger charge is -2.36. The number of carbonyl (C=O) groups is 2. The van der Waals surface area contributed by atoms with Gasteiger partial charge in [-0.2, -0.15) is 0 Å². The Kier molecular flexibility index (Phi) is 5.33. The molecule has 2 aromatic rings. The number of hydrogen-bond acceptors (Lipinski definition) is 5. The van der Waals surface area contributed by atoms with Crippen molar-refractivity contribution in [2.75, 3.05) is 37.6 Å². The maximum absolute atomic E-state index is 12.3. The van der Waals surface area contributed by atoms with Crippen LogP contribution < -0.4 is 10.2 Å². The fourth-order valence-electron chi connectivity index (χ4n) is 2.94. The number of aryl methyl sites for hydroxylation is 2. The Morgan fingerprint density at radius 3 is 2.40 bits per heavy atom.